The maximum absolute atomic E-state index is 5.95. The zero-order valence-electron chi connectivity index (χ0n) is 12.0. The first-order valence-corrected chi connectivity index (χ1v) is 7.86. The summed E-state index contributed by atoms with van der Waals surface area (Å²) in [6.07, 6.45) is 9.00. The van der Waals surface area contributed by atoms with Crippen LogP contribution in [0, 0.1) is 6.92 Å². The highest BCUT2D eigenvalue weighted by atomic mass is 16.3. The molecule has 19 heavy (non-hydrogen) atoms. The number of rotatable bonds is 9. The molecule has 0 saturated heterocycles. The Morgan fingerprint density at radius 3 is 2.58 bits per heavy atom. The smallest absolute Gasteiger partial charge is 0.120 e. The third-order valence-corrected chi connectivity index (χ3v) is 4.06. The Kier molecular flexibility index (Phi) is 4.24. The molecule has 1 heterocycles. The van der Waals surface area contributed by atoms with Crippen LogP contribution in [0.3, 0.4) is 0 Å². The highest BCUT2D eigenvalue weighted by Crippen LogP contribution is 2.22. The average molecular weight is 262 g/mol. The van der Waals surface area contributed by atoms with Crippen molar-refractivity contribution in [1.82, 2.24) is 10.6 Å². The van der Waals surface area contributed by atoms with Crippen LogP contribution in [-0.4, -0.2) is 18.6 Å². The number of furan rings is 1. The van der Waals surface area contributed by atoms with E-state index in [4.69, 9.17) is 4.42 Å². The molecule has 0 unspecified atom stereocenters. The molecular weight excluding hydrogens is 236 g/mol. The highest BCUT2D eigenvalue weighted by Gasteiger charge is 2.21. The summed E-state index contributed by atoms with van der Waals surface area (Å²) >= 11 is 0. The first-order chi connectivity index (χ1) is 9.31. The largest absolute Gasteiger partial charge is 0.464 e. The minimum atomic E-state index is 0.751. The fraction of sp³-hybridized carbons (Fsp3) is 0.750. The van der Waals surface area contributed by atoms with Gasteiger partial charge in [-0.2, -0.15) is 0 Å². The number of nitrogens with one attached hydrogen (secondary N) is 2. The van der Waals surface area contributed by atoms with Crippen molar-refractivity contribution in [2.24, 2.45) is 0 Å². The zero-order valence-corrected chi connectivity index (χ0v) is 12.0. The van der Waals surface area contributed by atoms with Crippen molar-refractivity contribution in [1.29, 1.82) is 0 Å². The Morgan fingerprint density at radius 2 is 1.84 bits per heavy atom. The Hall–Kier alpha value is -0.800. The molecule has 0 radical (unpaired) electrons. The fourth-order valence-corrected chi connectivity index (χ4v) is 2.43. The summed E-state index contributed by atoms with van der Waals surface area (Å²) in [5.74, 6) is 2.30. The number of hydrogen-bond acceptors (Lipinski definition) is 3. The van der Waals surface area contributed by atoms with Gasteiger partial charge in [0.05, 0.1) is 6.54 Å². The molecule has 0 bridgehead atoms. The summed E-state index contributed by atoms with van der Waals surface area (Å²) in [5, 5.41) is 7.08. The average Bonchev–Trinajstić information content (AvgIpc) is 3.28. The van der Waals surface area contributed by atoms with Gasteiger partial charge in [-0.15, -0.1) is 0 Å². The van der Waals surface area contributed by atoms with Gasteiger partial charge in [-0.1, -0.05) is 0 Å². The van der Waals surface area contributed by atoms with E-state index < -0.39 is 0 Å². The minimum Gasteiger partial charge on any atom is -0.464 e. The Balaban J connectivity index is 1.35. The van der Waals surface area contributed by atoms with Gasteiger partial charge in [0.15, 0.2) is 0 Å². The molecular formula is C16H26N2O. The van der Waals surface area contributed by atoms with E-state index in [-0.39, 0.29) is 0 Å². The summed E-state index contributed by atoms with van der Waals surface area (Å²) in [7, 11) is 0. The molecule has 2 aliphatic rings. The standard InChI is InChI=1S/C16H26N2O/c1-12-10-15(4-2-3-9-17-13-5-6-13)19-16(12)11-18-14-7-8-14/h10,13-14,17-18H,2-9,11H2,1H3. The lowest BCUT2D eigenvalue weighted by Gasteiger charge is -2.02. The third-order valence-electron chi connectivity index (χ3n) is 4.06. The second kappa shape index (κ2) is 6.10. The van der Waals surface area contributed by atoms with Crippen LogP contribution in [0.25, 0.3) is 0 Å². The number of unbranched alkanes of at least 4 members (excludes halogenated alkanes) is 1. The normalized spacial score (nSPS) is 19.0. The summed E-state index contributed by atoms with van der Waals surface area (Å²) in [5.41, 5.74) is 1.30. The van der Waals surface area contributed by atoms with E-state index in [0.717, 1.165) is 36.6 Å². The van der Waals surface area contributed by atoms with Crippen LogP contribution in [-0.2, 0) is 13.0 Å². The van der Waals surface area contributed by atoms with Crippen LogP contribution in [0.4, 0.5) is 0 Å². The van der Waals surface area contributed by atoms with Crippen molar-refractivity contribution in [2.75, 3.05) is 6.54 Å². The van der Waals surface area contributed by atoms with Gasteiger partial charge in [0, 0.05) is 18.5 Å². The molecule has 0 amide bonds. The lowest BCUT2D eigenvalue weighted by atomic mass is 10.2. The van der Waals surface area contributed by atoms with Gasteiger partial charge in [-0.3, -0.25) is 0 Å². The minimum absolute atomic E-state index is 0.751. The molecule has 3 nitrogen and oxygen atoms in total. The molecule has 0 aromatic carbocycles. The molecule has 1 aromatic heterocycles. The lowest BCUT2D eigenvalue weighted by Crippen LogP contribution is -2.17. The van der Waals surface area contributed by atoms with E-state index in [2.05, 4.69) is 23.6 Å². The Labute approximate surface area is 116 Å². The van der Waals surface area contributed by atoms with Crippen LogP contribution in [0.5, 0.6) is 0 Å². The molecule has 2 aliphatic carbocycles. The molecule has 2 fully saturated rings. The van der Waals surface area contributed by atoms with Gasteiger partial charge in [-0.05, 0) is 63.6 Å². The number of hydrogen-bond donors (Lipinski definition) is 2. The Morgan fingerprint density at radius 1 is 1.11 bits per heavy atom. The van der Waals surface area contributed by atoms with Crippen molar-refractivity contribution in [3.05, 3.63) is 23.2 Å². The van der Waals surface area contributed by atoms with E-state index in [9.17, 15) is 0 Å². The molecule has 0 aliphatic heterocycles. The predicted octanol–water partition coefficient (Wildman–Crippen LogP) is 2.91. The van der Waals surface area contributed by atoms with Crippen molar-refractivity contribution < 1.29 is 4.42 Å². The molecule has 106 valence electrons. The molecule has 1 aromatic rings. The zero-order chi connectivity index (χ0) is 13.1. The van der Waals surface area contributed by atoms with Gasteiger partial charge in [0.25, 0.3) is 0 Å². The maximum atomic E-state index is 5.95. The van der Waals surface area contributed by atoms with E-state index in [1.807, 2.05) is 0 Å². The molecule has 0 atom stereocenters. The van der Waals surface area contributed by atoms with Crippen molar-refractivity contribution >= 4 is 0 Å². The molecule has 3 heteroatoms. The fourth-order valence-electron chi connectivity index (χ4n) is 2.43. The SMILES string of the molecule is Cc1cc(CCCCNC2CC2)oc1CNC1CC1. The second-order valence-corrected chi connectivity index (χ2v) is 6.16. The van der Waals surface area contributed by atoms with Crippen molar-refractivity contribution in [3.8, 4) is 0 Å². The van der Waals surface area contributed by atoms with Gasteiger partial charge in [0.2, 0.25) is 0 Å². The summed E-state index contributed by atoms with van der Waals surface area (Å²) in [6.45, 7) is 4.23. The van der Waals surface area contributed by atoms with Crippen LogP contribution >= 0.6 is 0 Å². The van der Waals surface area contributed by atoms with Crippen LogP contribution < -0.4 is 10.6 Å². The quantitative estimate of drug-likeness (QED) is 0.672. The van der Waals surface area contributed by atoms with Crippen LogP contribution in [0.15, 0.2) is 10.5 Å². The van der Waals surface area contributed by atoms with Crippen LogP contribution in [0.2, 0.25) is 0 Å². The molecule has 0 spiro atoms. The molecule has 3 rings (SSSR count). The second-order valence-electron chi connectivity index (χ2n) is 6.16. The molecule has 2 N–H and O–H groups in total. The first kappa shape index (κ1) is 13.2. The monoisotopic (exact) mass is 262 g/mol. The Bertz CT molecular complexity index is 405. The van der Waals surface area contributed by atoms with E-state index in [0.29, 0.717) is 0 Å². The summed E-state index contributed by atoms with van der Waals surface area (Å²) in [6, 6.07) is 3.81. The van der Waals surface area contributed by atoms with Gasteiger partial charge >= 0.3 is 0 Å². The highest BCUT2D eigenvalue weighted by molar-refractivity contribution is 5.20. The number of aryl methyl sites for hydroxylation is 2. The predicted molar refractivity (Wildman–Crippen MR) is 77.3 cm³/mol. The van der Waals surface area contributed by atoms with Crippen molar-refractivity contribution in [3.63, 3.8) is 0 Å². The van der Waals surface area contributed by atoms with E-state index >= 15 is 0 Å². The summed E-state index contributed by atoms with van der Waals surface area (Å²) < 4.78 is 5.95. The topological polar surface area (TPSA) is 37.2 Å². The van der Waals surface area contributed by atoms with Gasteiger partial charge < -0.3 is 15.1 Å². The summed E-state index contributed by atoms with van der Waals surface area (Å²) in [4.78, 5) is 0. The van der Waals surface area contributed by atoms with Crippen LogP contribution in [0.1, 0.15) is 55.6 Å². The third kappa shape index (κ3) is 4.36. The van der Waals surface area contributed by atoms with E-state index in [1.165, 1.54) is 50.6 Å². The maximum Gasteiger partial charge on any atom is 0.120 e. The first-order valence-electron chi connectivity index (χ1n) is 7.86. The van der Waals surface area contributed by atoms with Gasteiger partial charge in [0.1, 0.15) is 11.5 Å². The molecule has 2 saturated carbocycles. The lowest BCUT2D eigenvalue weighted by molar-refractivity contribution is 0.437. The van der Waals surface area contributed by atoms with E-state index in [1.54, 1.807) is 0 Å². The van der Waals surface area contributed by atoms with Gasteiger partial charge in [-0.25, -0.2) is 0 Å². The van der Waals surface area contributed by atoms with Crippen molar-refractivity contribution in [2.45, 2.75) is 70.5 Å².